The Bertz CT molecular complexity index is 1020. The lowest BCUT2D eigenvalue weighted by Gasteiger charge is -2.33. The van der Waals surface area contributed by atoms with Gasteiger partial charge in [0.05, 0.1) is 11.7 Å². The van der Waals surface area contributed by atoms with Crippen LogP contribution in [0.4, 0.5) is 5.69 Å². The van der Waals surface area contributed by atoms with Crippen molar-refractivity contribution in [3.8, 4) is 0 Å². The first-order valence-corrected chi connectivity index (χ1v) is 10.3. The van der Waals surface area contributed by atoms with Crippen molar-refractivity contribution in [1.29, 1.82) is 0 Å². The van der Waals surface area contributed by atoms with E-state index in [1.807, 2.05) is 42.5 Å². The lowest BCUT2D eigenvalue weighted by atomic mass is 9.94. The van der Waals surface area contributed by atoms with Crippen LogP contribution in [0.5, 0.6) is 0 Å². The second-order valence-corrected chi connectivity index (χ2v) is 8.21. The van der Waals surface area contributed by atoms with Crippen LogP contribution in [0, 0.1) is 5.92 Å². The van der Waals surface area contributed by atoms with Crippen molar-refractivity contribution in [1.82, 2.24) is 15.1 Å². The van der Waals surface area contributed by atoms with Crippen LogP contribution >= 0.6 is 15.9 Å². The van der Waals surface area contributed by atoms with E-state index in [0.29, 0.717) is 25.9 Å². The summed E-state index contributed by atoms with van der Waals surface area (Å²) < 4.78 is 0.944. The summed E-state index contributed by atoms with van der Waals surface area (Å²) in [6, 6.07) is 12.4. The normalized spacial score (nSPS) is 16.0. The van der Waals surface area contributed by atoms with Crippen molar-refractivity contribution < 1.29 is 9.59 Å². The van der Waals surface area contributed by atoms with Crippen LogP contribution in [0.15, 0.2) is 53.1 Å². The third-order valence-corrected chi connectivity index (χ3v) is 5.91. The smallest absolute Gasteiger partial charge is 0.244 e. The van der Waals surface area contributed by atoms with E-state index >= 15 is 0 Å². The van der Waals surface area contributed by atoms with E-state index in [0.717, 1.165) is 26.6 Å². The number of aromatic nitrogens is 2. The SMILES string of the molecule is NC(C(=O)N1CCC(C(=O)Nc2ccc3[nH]ncc3c2)CC1)c1ccc(Br)cc1. The van der Waals surface area contributed by atoms with E-state index in [4.69, 9.17) is 5.73 Å². The highest BCUT2D eigenvalue weighted by Gasteiger charge is 2.30. The fourth-order valence-corrected chi connectivity index (χ4v) is 3.90. The zero-order valence-corrected chi connectivity index (χ0v) is 17.4. The van der Waals surface area contributed by atoms with E-state index in [9.17, 15) is 9.59 Å². The molecule has 29 heavy (non-hydrogen) atoms. The molecule has 1 aliphatic rings. The molecule has 1 unspecified atom stereocenters. The Morgan fingerprint density at radius 3 is 2.62 bits per heavy atom. The van der Waals surface area contributed by atoms with Crippen molar-refractivity contribution in [2.24, 2.45) is 11.7 Å². The van der Waals surface area contributed by atoms with Gasteiger partial charge in [-0.15, -0.1) is 0 Å². The number of halogens is 1. The van der Waals surface area contributed by atoms with Crippen molar-refractivity contribution >= 4 is 44.3 Å². The number of nitrogens with zero attached hydrogens (tertiary/aromatic N) is 2. The van der Waals surface area contributed by atoms with Gasteiger partial charge in [-0.25, -0.2) is 0 Å². The van der Waals surface area contributed by atoms with Gasteiger partial charge in [-0.1, -0.05) is 28.1 Å². The van der Waals surface area contributed by atoms with Crippen LogP contribution in [-0.4, -0.2) is 40.0 Å². The highest BCUT2D eigenvalue weighted by Crippen LogP contribution is 2.24. The number of amides is 2. The van der Waals surface area contributed by atoms with Crippen molar-refractivity contribution in [2.45, 2.75) is 18.9 Å². The number of piperidine rings is 1. The van der Waals surface area contributed by atoms with Crippen molar-refractivity contribution in [3.63, 3.8) is 0 Å². The molecule has 1 atom stereocenters. The lowest BCUT2D eigenvalue weighted by Crippen LogP contribution is -2.45. The fourth-order valence-electron chi connectivity index (χ4n) is 3.64. The minimum atomic E-state index is -0.685. The Balaban J connectivity index is 1.32. The van der Waals surface area contributed by atoms with Gasteiger partial charge in [0.1, 0.15) is 6.04 Å². The molecule has 4 rings (SSSR count). The monoisotopic (exact) mass is 455 g/mol. The number of hydrogen-bond acceptors (Lipinski definition) is 4. The van der Waals surface area contributed by atoms with E-state index < -0.39 is 6.04 Å². The second-order valence-electron chi connectivity index (χ2n) is 7.29. The Hall–Kier alpha value is -2.71. The summed E-state index contributed by atoms with van der Waals surface area (Å²) in [5.41, 5.74) is 8.62. The minimum absolute atomic E-state index is 0.0165. The third-order valence-electron chi connectivity index (χ3n) is 5.38. The van der Waals surface area contributed by atoms with Crippen LogP contribution in [0.3, 0.4) is 0 Å². The van der Waals surface area contributed by atoms with Gasteiger partial charge in [-0.2, -0.15) is 5.10 Å². The summed E-state index contributed by atoms with van der Waals surface area (Å²) in [6.45, 7) is 1.06. The summed E-state index contributed by atoms with van der Waals surface area (Å²) in [7, 11) is 0. The average Bonchev–Trinajstić information content (AvgIpc) is 3.21. The second kappa shape index (κ2) is 8.34. The zero-order chi connectivity index (χ0) is 20.4. The molecule has 0 spiro atoms. The number of benzene rings is 2. The summed E-state index contributed by atoms with van der Waals surface area (Å²) >= 11 is 3.38. The molecular weight excluding hydrogens is 434 g/mol. The largest absolute Gasteiger partial charge is 0.341 e. The number of nitrogens with one attached hydrogen (secondary N) is 2. The molecule has 2 heterocycles. The van der Waals surface area contributed by atoms with Gasteiger partial charge < -0.3 is 16.0 Å². The summed E-state index contributed by atoms with van der Waals surface area (Å²) in [6.07, 6.45) is 2.97. The number of hydrogen-bond donors (Lipinski definition) is 3. The third kappa shape index (κ3) is 4.33. The number of aromatic amines is 1. The number of H-pyrrole nitrogens is 1. The maximum absolute atomic E-state index is 12.7. The predicted octanol–water partition coefficient (Wildman–Crippen LogP) is 3.20. The van der Waals surface area contributed by atoms with E-state index in [1.165, 1.54) is 0 Å². The maximum atomic E-state index is 12.7. The number of rotatable bonds is 4. The summed E-state index contributed by atoms with van der Waals surface area (Å²) in [4.78, 5) is 27.1. The first-order chi connectivity index (χ1) is 14.0. The molecule has 1 saturated heterocycles. The van der Waals surface area contributed by atoms with Gasteiger partial charge in [-0.3, -0.25) is 14.7 Å². The molecule has 3 aromatic rings. The van der Waals surface area contributed by atoms with E-state index in [2.05, 4.69) is 31.4 Å². The van der Waals surface area contributed by atoms with Crippen LogP contribution in [-0.2, 0) is 9.59 Å². The van der Waals surface area contributed by atoms with Crippen LogP contribution in [0.25, 0.3) is 10.9 Å². The number of carbonyl (C=O) groups excluding carboxylic acids is 2. The highest BCUT2D eigenvalue weighted by molar-refractivity contribution is 9.10. The molecule has 1 aromatic heterocycles. The molecule has 8 heteroatoms. The van der Waals surface area contributed by atoms with Crippen molar-refractivity contribution in [2.75, 3.05) is 18.4 Å². The Morgan fingerprint density at radius 2 is 1.90 bits per heavy atom. The van der Waals surface area contributed by atoms with Gasteiger partial charge >= 0.3 is 0 Å². The molecule has 0 aliphatic carbocycles. The quantitative estimate of drug-likeness (QED) is 0.561. The molecular formula is C21H22BrN5O2. The van der Waals surface area contributed by atoms with Crippen LogP contribution in [0.2, 0.25) is 0 Å². The lowest BCUT2D eigenvalue weighted by molar-refractivity contribution is -0.135. The van der Waals surface area contributed by atoms with Crippen LogP contribution < -0.4 is 11.1 Å². The molecule has 2 aromatic carbocycles. The number of anilines is 1. The molecule has 0 radical (unpaired) electrons. The van der Waals surface area contributed by atoms with E-state index in [1.54, 1.807) is 11.1 Å². The Morgan fingerprint density at radius 1 is 1.17 bits per heavy atom. The molecule has 1 fully saturated rings. The highest BCUT2D eigenvalue weighted by atomic mass is 79.9. The van der Waals surface area contributed by atoms with Crippen LogP contribution in [0.1, 0.15) is 24.4 Å². The average molecular weight is 456 g/mol. The van der Waals surface area contributed by atoms with Gasteiger partial charge in [0.15, 0.2) is 0 Å². The topological polar surface area (TPSA) is 104 Å². The van der Waals surface area contributed by atoms with Gasteiger partial charge in [0.2, 0.25) is 11.8 Å². The minimum Gasteiger partial charge on any atom is -0.341 e. The van der Waals surface area contributed by atoms with Crippen molar-refractivity contribution in [3.05, 3.63) is 58.7 Å². The molecule has 2 amide bonds. The number of likely N-dealkylation sites (tertiary alicyclic amines) is 1. The molecule has 0 bridgehead atoms. The first-order valence-electron chi connectivity index (χ1n) is 9.55. The van der Waals surface area contributed by atoms with E-state index in [-0.39, 0.29) is 17.7 Å². The summed E-state index contributed by atoms with van der Waals surface area (Å²) in [5, 5.41) is 10.8. The zero-order valence-electron chi connectivity index (χ0n) is 15.8. The summed E-state index contributed by atoms with van der Waals surface area (Å²) in [5.74, 6) is -0.239. The molecule has 150 valence electrons. The fraction of sp³-hybridized carbons (Fsp3) is 0.286. The first kappa shape index (κ1) is 19.6. The molecule has 0 saturated carbocycles. The maximum Gasteiger partial charge on any atom is 0.244 e. The molecule has 4 N–H and O–H groups in total. The number of nitrogens with two attached hydrogens (primary N) is 1. The Kier molecular flexibility index (Phi) is 5.64. The molecule has 7 nitrogen and oxygen atoms in total. The van der Waals surface area contributed by atoms with Gasteiger partial charge in [-0.05, 0) is 48.7 Å². The number of carbonyl (C=O) groups is 2. The van der Waals surface area contributed by atoms with Gasteiger partial charge in [0, 0.05) is 34.6 Å². The molecule has 1 aliphatic heterocycles. The number of fused-ring (bicyclic) bond motifs is 1. The van der Waals surface area contributed by atoms with Gasteiger partial charge in [0.25, 0.3) is 0 Å². The standard InChI is InChI=1S/C21H22BrN5O2/c22-16-3-1-13(2-4-16)19(23)21(29)27-9-7-14(8-10-27)20(28)25-17-5-6-18-15(11-17)12-24-26-18/h1-6,11-12,14,19H,7-10,23H2,(H,24,26)(H,25,28). The predicted molar refractivity (Wildman–Crippen MR) is 115 cm³/mol. The Labute approximate surface area is 176 Å².